The molecule has 1 aromatic heterocycles. The first-order valence-corrected chi connectivity index (χ1v) is 11.6. The van der Waals surface area contributed by atoms with Crippen molar-refractivity contribution in [2.45, 2.75) is 26.4 Å². The number of anilines is 2. The predicted octanol–water partition coefficient (Wildman–Crippen LogP) is 3.67. The number of carbonyl (C=O) groups is 1. The average molecular weight is 478 g/mol. The Morgan fingerprint density at radius 1 is 1.06 bits per heavy atom. The lowest BCUT2D eigenvalue weighted by atomic mass is 10.1. The fourth-order valence-electron chi connectivity index (χ4n) is 3.65. The number of aromatic nitrogens is 2. The van der Waals surface area contributed by atoms with Gasteiger partial charge < -0.3 is 25.0 Å². The first-order chi connectivity index (χ1) is 16.7. The lowest BCUT2D eigenvalue weighted by Crippen LogP contribution is -2.29. The van der Waals surface area contributed by atoms with Crippen LogP contribution in [0.3, 0.4) is 0 Å². The molecule has 0 unspecified atom stereocenters. The van der Waals surface area contributed by atoms with Crippen molar-refractivity contribution in [2.24, 2.45) is 0 Å². The Kier molecular flexibility index (Phi) is 8.65. The van der Waals surface area contributed by atoms with E-state index < -0.39 is 0 Å². The number of likely N-dealkylation sites (N-methyl/N-ethyl adjacent to an activating group) is 2. The van der Waals surface area contributed by atoms with Gasteiger partial charge in [-0.05, 0) is 64.3 Å². The van der Waals surface area contributed by atoms with Gasteiger partial charge >= 0.3 is 0 Å². The molecule has 0 saturated carbocycles. The number of nitrogens with two attached hydrogens (primary N) is 1. The van der Waals surface area contributed by atoms with Gasteiger partial charge in [0.1, 0.15) is 23.0 Å². The van der Waals surface area contributed by atoms with Crippen LogP contribution in [-0.2, 0) is 6.42 Å². The summed E-state index contributed by atoms with van der Waals surface area (Å²) >= 11 is 0. The van der Waals surface area contributed by atoms with Crippen LogP contribution in [0.1, 0.15) is 41.3 Å². The standard InChI is InChI=1S/C27H35N5O3/c1-18(2)35-21-9-7-19(8-10-21)27(33)23-11-12-29-26(30-23)16-20-15-22(28)24(17-25(20)34-6)32(5)14-13-31(3)4/h7-12,15,17-18H,13-14,16,28H2,1-6H3. The highest BCUT2D eigenvalue weighted by Crippen LogP contribution is 2.32. The lowest BCUT2D eigenvalue weighted by Gasteiger charge is -2.24. The molecular weight excluding hydrogens is 442 g/mol. The number of nitrogens with zero attached hydrogens (tertiary/aromatic N) is 4. The van der Waals surface area contributed by atoms with Crippen LogP contribution in [-0.4, -0.2) is 68.1 Å². The summed E-state index contributed by atoms with van der Waals surface area (Å²) in [5.74, 6) is 1.77. The summed E-state index contributed by atoms with van der Waals surface area (Å²) in [6.07, 6.45) is 2.06. The first-order valence-electron chi connectivity index (χ1n) is 11.6. The second kappa shape index (κ2) is 11.7. The monoisotopic (exact) mass is 477 g/mol. The van der Waals surface area contributed by atoms with Crippen LogP contribution in [0.2, 0.25) is 0 Å². The molecule has 0 radical (unpaired) electrons. The zero-order valence-corrected chi connectivity index (χ0v) is 21.4. The molecule has 0 spiro atoms. The second-order valence-electron chi connectivity index (χ2n) is 9.00. The topological polar surface area (TPSA) is 93.8 Å². The highest BCUT2D eigenvalue weighted by Gasteiger charge is 2.16. The maximum atomic E-state index is 13.0. The zero-order valence-electron chi connectivity index (χ0n) is 21.4. The molecule has 0 amide bonds. The van der Waals surface area contributed by atoms with Crippen molar-refractivity contribution in [1.29, 1.82) is 0 Å². The first kappa shape index (κ1) is 26.0. The Hall–Kier alpha value is -3.65. The molecule has 35 heavy (non-hydrogen) atoms. The van der Waals surface area contributed by atoms with Crippen molar-refractivity contribution in [3.63, 3.8) is 0 Å². The van der Waals surface area contributed by atoms with Gasteiger partial charge in [0.05, 0.1) is 24.6 Å². The van der Waals surface area contributed by atoms with Crippen LogP contribution < -0.4 is 20.1 Å². The van der Waals surface area contributed by atoms with Gasteiger partial charge in [-0.15, -0.1) is 0 Å². The number of ketones is 1. The number of nitrogen functional groups attached to an aromatic ring is 1. The maximum Gasteiger partial charge on any atom is 0.211 e. The van der Waals surface area contributed by atoms with Gasteiger partial charge in [-0.25, -0.2) is 9.97 Å². The van der Waals surface area contributed by atoms with Gasteiger partial charge in [-0.1, -0.05) is 0 Å². The number of benzene rings is 2. The van der Waals surface area contributed by atoms with Gasteiger partial charge in [0.15, 0.2) is 0 Å². The van der Waals surface area contributed by atoms with Gasteiger partial charge in [0, 0.05) is 49.9 Å². The highest BCUT2D eigenvalue weighted by atomic mass is 16.5. The molecule has 0 aliphatic rings. The van der Waals surface area contributed by atoms with Crippen LogP contribution in [0.5, 0.6) is 11.5 Å². The van der Waals surface area contributed by atoms with Crippen molar-refractivity contribution < 1.29 is 14.3 Å². The van der Waals surface area contributed by atoms with Crippen molar-refractivity contribution >= 4 is 17.2 Å². The second-order valence-corrected chi connectivity index (χ2v) is 9.00. The van der Waals surface area contributed by atoms with Crippen molar-refractivity contribution in [3.8, 4) is 11.5 Å². The molecule has 0 aliphatic heterocycles. The summed E-state index contributed by atoms with van der Waals surface area (Å²) in [5, 5.41) is 0. The van der Waals surface area contributed by atoms with Crippen molar-refractivity contribution in [3.05, 3.63) is 71.3 Å². The Morgan fingerprint density at radius 2 is 1.77 bits per heavy atom. The predicted molar refractivity (Wildman–Crippen MR) is 140 cm³/mol. The van der Waals surface area contributed by atoms with Gasteiger partial charge in [-0.2, -0.15) is 0 Å². The van der Waals surface area contributed by atoms with Crippen LogP contribution in [0.25, 0.3) is 0 Å². The van der Waals surface area contributed by atoms with E-state index in [0.29, 0.717) is 34.9 Å². The van der Waals surface area contributed by atoms with Crippen LogP contribution in [0.4, 0.5) is 11.4 Å². The molecular formula is C27H35N5O3. The summed E-state index contributed by atoms with van der Waals surface area (Å²) in [7, 11) is 7.71. The van der Waals surface area contributed by atoms with E-state index >= 15 is 0 Å². The summed E-state index contributed by atoms with van der Waals surface area (Å²) in [6.45, 7) is 5.65. The summed E-state index contributed by atoms with van der Waals surface area (Å²) in [6, 6.07) is 12.5. The molecule has 0 bridgehead atoms. The van der Waals surface area contributed by atoms with Gasteiger partial charge in [0.2, 0.25) is 5.78 Å². The Labute approximate surface area is 207 Å². The molecule has 2 aromatic carbocycles. The SMILES string of the molecule is COc1cc(N(C)CCN(C)C)c(N)cc1Cc1nccc(C(=O)c2ccc(OC(C)C)cc2)n1. The molecule has 8 heteroatoms. The number of rotatable bonds is 11. The van der Waals surface area contributed by atoms with E-state index in [-0.39, 0.29) is 11.9 Å². The minimum absolute atomic E-state index is 0.0690. The normalized spacial score (nSPS) is 11.1. The van der Waals surface area contributed by atoms with Crippen LogP contribution in [0, 0.1) is 0 Å². The molecule has 3 rings (SSSR count). The van der Waals surface area contributed by atoms with E-state index in [1.807, 2.05) is 47.1 Å². The smallest absolute Gasteiger partial charge is 0.211 e. The van der Waals surface area contributed by atoms with E-state index in [1.165, 1.54) is 0 Å². The quantitative estimate of drug-likeness (QED) is 0.330. The third kappa shape index (κ3) is 6.93. The number of hydrogen-bond acceptors (Lipinski definition) is 8. The minimum Gasteiger partial charge on any atom is -0.496 e. The molecule has 8 nitrogen and oxygen atoms in total. The number of hydrogen-bond donors (Lipinski definition) is 1. The third-order valence-corrected chi connectivity index (χ3v) is 5.50. The Balaban J connectivity index is 1.80. The Bertz CT molecular complexity index is 1150. The van der Waals surface area contributed by atoms with E-state index in [0.717, 1.165) is 30.1 Å². The van der Waals surface area contributed by atoms with E-state index in [9.17, 15) is 4.79 Å². The van der Waals surface area contributed by atoms with Crippen LogP contribution >= 0.6 is 0 Å². The summed E-state index contributed by atoms with van der Waals surface area (Å²) in [4.78, 5) is 26.1. The summed E-state index contributed by atoms with van der Waals surface area (Å²) in [5.41, 5.74) is 9.67. The lowest BCUT2D eigenvalue weighted by molar-refractivity contribution is 0.103. The number of ether oxygens (including phenoxy) is 2. The number of carbonyl (C=O) groups excluding carboxylic acids is 1. The third-order valence-electron chi connectivity index (χ3n) is 5.50. The fourth-order valence-corrected chi connectivity index (χ4v) is 3.65. The molecule has 1 heterocycles. The van der Waals surface area contributed by atoms with Gasteiger partial charge in [0.25, 0.3) is 0 Å². The molecule has 0 aliphatic carbocycles. The molecule has 186 valence electrons. The van der Waals surface area contributed by atoms with Crippen LogP contribution in [0.15, 0.2) is 48.7 Å². The number of methoxy groups -OCH3 is 1. The Morgan fingerprint density at radius 3 is 2.40 bits per heavy atom. The zero-order chi connectivity index (χ0) is 25.5. The summed E-state index contributed by atoms with van der Waals surface area (Å²) < 4.78 is 11.3. The molecule has 0 fully saturated rings. The highest BCUT2D eigenvalue weighted by molar-refractivity contribution is 6.07. The fraction of sp³-hybridized carbons (Fsp3) is 0.370. The average Bonchev–Trinajstić information content (AvgIpc) is 2.82. The molecule has 3 aromatic rings. The van der Waals surface area contributed by atoms with E-state index in [4.69, 9.17) is 15.2 Å². The van der Waals surface area contributed by atoms with E-state index in [1.54, 1.807) is 43.6 Å². The molecule has 0 atom stereocenters. The largest absolute Gasteiger partial charge is 0.496 e. The maximum absolute atomic E-state index is 13.0. The van der Waals surface area contributed by atoms with Gasteiger partial charge in [-0.3, -0.25) is 4.79 Å². The minimum atomic E-state index is -0.172. The molecule has 0 saturated heterocycles. The molecule has 2 N–H and O–H groups in total. The van der Waals surface area contributed by atoms with Crippen molar-refractivity contribution in [1.82, 2.24) is 14.9 Å². The van der Waals surface area contributed by atoms with E-state index in [2.05, 4.69) is 19.8 Å². The van der Waals surface area contributed by atoms with Crippen molar-refractivity contribution in [2.75, 3.05) is 52.0 Å².